The SMILES string of the molecule is CCN1CCN(C(=O)CCN(Cc2ccco2)S(=O)(=O)c2ccc(C)cc2)CC1. The molecule has 1 aromatic heterocycles. The van der Waals surface area contributed by atoms with Crippen molar-refractivity contribution in [2.45, 2.75) is 31.7 Å². The van der Waals surface area contributed by atoms with Crippen molar-refractivity contribution in [1.82, 2.24) is 14.1 Å². The summed E-state index contributed by atoms with van der Waals surface area (Å²) in [5.74, 6) is 0.536. The summed E-state index contributed by atoms with van der Waals surface area (Å²) in [7, 11) is -3.74. The molecule has 0 radical (unpaired) electrons. The zero-order valence-corrected chi connectivity index (χ0v) is 17.9. The van der Waals surface area contributed by atoms with E-state index in [2.05, 4.69) is 11.8 Å². The van der Waals surface area contributed by atoms with Crippen molar-refractivity contribution < 1.29 is 17.6 Å². The molecule has 29 heavy (non-hydrogen) atoms. The molecular weight excluding hydrogens is 390 g/mol. The quantitative estimate of drug-likeness (QED) is 0.657. The van der Waals surface area contributed by atoms with E-state index in [4.69, 9.17) is 4.42 Å². The van der Waals surface area contributed by atoms with Gasteiger partial charge in [-0.15, -0.1) is 0 Å². The highest BCUT2D eigenvalue weighted by Gasteiger charge is 2.27. The average Bonchev–Trinajstić information content (AvgIpc) is 3.24. The number of nitrogens with zero attached hydrogens (tertiary/aromatic N) is 3. The molecule has 1 saturated heterocycles. The van der Waals surface area contributed by atoms with Gasteiger partial charge in [0.05, 0.1) is 17.7 Å². The number of furan rings is 1. The molecular formula is C21H29N3O4S. The summed E-state index contributed by atoms with van der Waals surface area (Å²) in [6.45, 7) is 8.32. The summed E-state index contributed by atoms with van der Waals surface area (Å²) in [6, 6.07) is 10.2. The summed E-state index contributed by atoms with van der Waals surface area (Å²) >= 11 is 0. The van der Waals surface area contributed by atoms with E-state index in [0.29, 0.717) is 18.8 Å². The Labute approximate surface area is 172 Å². The highest BCUT2D eigenvalue weighted by Crippen LogP contribution is 2.20. The maximum absolute atomic E-state index is 13.2. The first kappa shape index (κ1) is 21.5. The molecule has 0 N–H and O–H groups in total. The average molecular weight is 420 g/mol. The van der Waals surface area contributed by atoms with Crippen LogP contribution in [0.3, 0.4) is 0 Å². The fraction of sp³-hybridized carbons (Fsp3) is 0.476. The minimum atomic E-state index is -3.74. The van der Waals surface area contributed by atoms with Crippen LogP contribution in [0.4, 0.5) is 0 Å². The summed E-state index contributed by atoms with van der Waals surface area (Å²) in [5.41, 5.74) is 0.989. The zero-order valence-electron chi connectivity index (χ0n) is 17.1. The number of piperazine rings is 1. The first-order valence-electron chi connectivity index (χ1n) is 9.99. The molecule has 1 aliphatic heterocycles. The van der Waals surface area contributed by atoms with Gasteiger partial charge in [-0.25, -0.2) is 8.42 Å². The van der Waals surface area contributed by atoms with Gasteiger partial charge in [0.2, 0.25) is 15.9 Å². The van der Waals surface area contributed by atoms with E-state index in [1.54, 1.807) is 36.4 Å². The van der Waals surface area contributed by atoms with Crippen molar-refractivity contribution in [2.24, 2.45) is 0 Å². The summed E-state index contributed by atoms with van der Waals surface area (Å²) in [5, 5.41) is 0. The Bertz CT molecular complexity index is 887. The van der Waals surface area contributed by atoms with Crippen molar-refractivity contribution in [3.63, 3.8) is 0 Å². The van der Waals surface area contributed by atoms with Crippen molar-refractivity contribution in [1.29, 1.82) is 0 Å². The van der Waals surface area contributed by atoms with Crippen LogP contribution >= 0.6 is 0 Å². The first-order valence-corrected chi connectivity index (χ1v) is 11.4. The van der Waals surface area contributed by atoms with E-state index in [0.717, 1.165) is 25.2 Å². The highest BCUT2D eigenvalue weighted by atomic mass is 32.2. The van der Waals surface area contributed by atoms with Crippen molar-refractivity contribution >= 4 is 15.9 Å². The zero-order chi connectivity index (χ0) is 20.9. The molecule has 1 fully saturated rings. The van der Waals surface area contributed by atoms with Gasteiger partial charge >= 0.3 is 0 Å². The van der Waals surface area contributed by atoms with Gasteiger partial charge in [-0.2, -0.15) is 4.31 Å². The molecule has 1 aromatic carbocycles. The molecule has 0 atom stereocenters. The lowest BCUT2D eigenvalue weighted by atomic mass is 10.2. The van der Waals surface area contributed by atoms with E-state index < -0.39 is 10.0 Å². The number of sulfonamides is 1. The van der Waals surface area contributed by atoms with Crippen LogP contribution < -0.4 is 0 Å². The van der Waals surface area contributed by atoms with Gasteiger partial charge in [-0.3, -0.25) is 4.79 Å². The normalized spacial score (nSPS) is 15.8. The van der Waals surface area contributed by atoms with Gasteiger partial charge in [0.15, 0.2) is 0 Å². The standard InChI is InChI=1S/C21H29N3O4S/c1-3-22-12-14-23(15-13-22)21(25)10-11-24(17-19-5-4-16-28-19)29(26,27)20-8-6-18(2)7-9-20/h4-9,16H,3,10-15,17H2,1-2H3. The van der Waals surface area contributed by atoms with Gasteiger partial charge in [-0.05, 0) is 37.7 Å². The minimum absolute atomic E-state index is 0.00990. The largest absolute Gasteiger partial charge is 0.468 e. The van der Waals surface area contributed by atoms with Crippen LogP contribution in [0.15, 0.2) is 52.0 Å². The number of amides is 1. The number of hydrogen-bond acceptors (Lipinski definition) is 5. The molecule has 0 aliphatic carbocycles. The molecule has 2 aromatic rings. The van der Waals surface area contributed by atoms with Crippen molar-refractivity contribution in [3.05, 3.63) is 54.0 Å². The molecule has 1 amide bonds. The lowest BCUT2D eigenvalue weighted by Gasteiger charge is -2.34. The summed E-state index contributed by atoms with van der Waals surface area (Å²) in [4.78, 5) is 17.0. The number of hydrogen-bond donors (Lipinski definition) is 0. The molecule has 0 spiro atoms. The van der Waals surface area contributed by atoms with Crippen LogP contribution in [0.5, 0.6) is 0 Å². The smallest absolute Gasteiger partial charge is 0.243 e. The summed E-state index contributed by atoms with van der Waals surface area (Å²) < 4.78 is 33.1. The molecule has 2 heterocycles. The summed E-state index contributed by atoms with van der Waals surface area (Å²) in [6.07, 6.45) is 1.67. The van der Waals surface area contributed by atoms with Crippen molar-refractivity contribution in [3.8, 4) is 0 Å². The lowest BCUT2D eigenvalue weighted by Crippen LogP contribution is -2.49. The van der Waals surface area contributed by atoms with Gasteiger partial charge in [-0.1, -0.05) is 24.6 Å². The number of aryl methyl sites for hydroxylation is 1. The Balaban J connectivity index is 1.70. The van der Waals surface area contributed by atoms with Crippen LogP contribution in [-0.2, 0) is 21.4 Å². The predicted octanol–water partition coefficient (Wildman–Crippen LogP) is 2.33. The second-order valence-electron chi connectivity index (χ2n) is 7.30. The Morgan fingerprint density at radius 2 is 1.79 bits per heavy atom. The topological polar surface area (TPSA) is 74.1 Å². The second kappa shape index (κ2) is 9.56. The van der Waals surface area contributed by atoms with E-state index in [-0.39, 0.29) is 30.3 Å². The monoisotopic (exact) mass is 419 g/mol. The van der Waals surface area contributed by atoms with Crippen LogP contribution in [0.2, 0.25) is 0 Å². The predicted molar refractivity (Wildman–Crippen MR) is 111 cm³/mol. The van der Waals surface area contributed by atoms with Crippen molar-refractivity contribution in [2.75, 3.05) is 39.3 Å². The maximum atomic E-state index is 13.2. The number of likely N-dealkylation sites (N-methyl/N-ethyl adjacent to an activating group) is 1. The lowest BCUT2D eigenvalue weighted by molar-refractivity contribution is -0.133. The van der Waals surface area contributed by atoms with Crippen LogP contribution in [-0.4, -0.2) is 67.7 Å². The Kier molecular flexibility index (Phi) is 7.10. The molecule has 3 rings (SSSR count). The van der Waals surface area contributed by atoms with Gasteiger partial charge < -0.3 is 14.2 Å². The Hall–Kier alpha value is -2.16. The fourth-order valence-corrected chi connectivity index (χ4v) is 4.82. The molecule has 0 saturated carbocycles. The minimum Gasteiger partial charge on any atom is -0.468 e. The number of rotatable bonds is 8. The van der Waals surface area contributed by atoms with Crippen LogP contribution in [0.1, 0.15) is 24.7 Å². The molecule has 158 valence electrons. The van der Waals surface area contributed by atoms with E-state index >= 15 is 0 Å². The van der Waals surface area contributed by atoms with Gasteiger partial charge in [0.25, 0.3) is 0 Å². The molecule has 0 bridgehead atoms. The molecule has 8 heteroatoms. The molecule has 0 unspecified atom stereocenters. The fourth-order valence-electron chi connectivity index (χ4n) is 3.41. The van der Waals surface area contributed by atoms with E-state index in [1.165, 1.54) is 10.6 Å². The number of carbonyl (C=O) groups is 1. The van der Waals surface area contributed by atoms with Crippen LogP contribution in [0.25, 0.3) is 0 Å². The number of benzene rings is 1. The third-order valence-electron chi connectivity index (χ3n) is 5.32. The number of carbonyl (C=O) groups excluding carboxylic acids is 1. The first-order chi connectivity index (χ1) is 13.9. The third kappa shape index (κ3) is 5.46. The Morgan fingerprint density at radius 1 is 1.10 bits per heavy atom. The van der Waals surface area contributed by atoms with E-state index in [9.17, 15) is 13.2 Å². The highest BCUT2D eigenvalue weighted by molar-refractivity contribution is 7.89. The third-order valence-corrected chi connectivity index (χ3v) is 7.18. The molecule has 7 nitrogen and oxygen atoms in total. The van der Waals surface area contributed by atoms with E-state index in [1.807, 2.05) is 11.8 Å². The second-order valence-corrected chi connectivity index (χ2v) is 9.23. The van der Waals surface area contributed by atoms with Gasteiger partial charge in [0.1, 0.15) is 5.76 Å². The Morgan fingerprint density at radius 3 is 2.38 bits per heavy atom. The van der Waals surface area contributed by atoms with Gasteiger partial charge in [0, 0.05) is 39.1 Å². The van der Waals surface area contributed by atoms with Crippen LogP contribution in [0, 0.1) is 6.92 Å². The molecule has 1 aliphatic rings. The maximum Gasteiger partial charge on any atom is 0.243 e.